The van der Waals surface area contributed by atoms with Crippen LogP contribution in [0, 0.1) is 5.82 Å². The summed E-state index contributed by atoms with van der Waals surface area (Å²) in [5.74, 6) is -0.531. The second-order valence-electron chi connectivity index (χ2n) is 6.11. The van der Waals surface area contributed by atoms with Gasteiger partial charge in [-0.2, -0.15) is 5.10 Å². The Labute approximate surface area is 161 Å². The van der Waals surface area contributed by atoms with Gasteiger partial charge in [-0.25, -0.2) is 14.8 Å². The maximum absolute atomic E-state index is 13.0. The Morgan fingerprint density at radius 3 is 2.56 bits per heavy atom. The van der Waals surface area contributed by atoms with Gasteiger partial charge in [-0.3, -0.25) is 4.79 Å². The van der Waals surface area contributed by atoms with Crippen molar-refractivity contribution in [3.8, 4) is 10.6 Å². The van der Waals surface area contributed by atoms with E-state index in [4.69, 9.17) is 0 Å². The van der Waals surface area contributed by atoms with Gasteiger partial charge in [0.15, 0.2) is 0 Å². The Bertz CT molecular complexity index is 933. The molecule has 0 radical (unpaired) electrons. The van der Waals surface area contributed by atoms with Crippen molar-refractivity contribution in [2.75, 3.05) is 19.0 Å². The molecule has 1 heterocycles. The van der Waals surface area contributed by atoms with Crippen molar-refractivity contribution in [3.05, 3.63) is 71.0 Å². The van der Waals surface area contributed by atoms with Crippen molar-refractivity contribution in [2.24, 2.45) is 5.10 Å². The molecule has 0 saturated carbocycles. The molecule has 0 fully saturated rings. The van der Waals surface area contributed by atoms with E-state index in [0.29, 0.717) is 5.69 Å². The number of amides is 1. The van der Waals surface area contributed by atoms with Crippen molar-refractivity contribution in [3.63, 3.8) is 0 Å². The highest BCUT2D eigenvalue weighted by Gasteiger charge is 2.08. The van der Waals surface area contributed by atoms with Gasteiger partial charge in [0.1, 0.15) is 10.8 Å². The molecule has 0 saturated heterocycles. The lowest BCUT2D eigenvalue weighted by Crippen LogP contribution is -2.19. The van der Waals surface area contributed by atoms with Crippen molar-refractivity contribution in [2.45, 2.75) is 6.42 Å². The third-order valence-corrected chi connectivity index (χ3v) is 4.74. The van der Waals surface area contributed by atoms with E-state index < -0.39 is 0 Å². The van der Waals surface area contributed by atoms with E-state index in [1.54, 1.807) is 18.3 Å². The summed E-state index contributed by atoms with van der Waals surface area (Å²) in [4.78, 5) is 18.5. The van der Waals surface area contributed by atoms with Gasteiger partial charge in [0.2, 0.25) is 5.91 Å². The Hall–Kier alpha value is -3.06. The van der Waals surface area contributed by atoms with Gasteiger partial charge in [0.25, 0.3) is 0 Å². The average molecular weight is 382 g/mol. The summed E-state index contributed by atoms with van der Waals surface area (Å²) in [6.07, 6.45) is 1.73. The van der Waals surface area contributed by atoms with Crippen LogP contribution in [0.5, 0.6) is 0 Å². The molecule has 3 aromatic rings. The lowest BCUT2D eigenvalue weighted by Gasteiger charge is -2.11. The number of nitrogens with zero attached hydrogens (tertiary/aromatic N) is 3. The third kappa shape index (κ3) is 5.21. The van der Waals surface area contributed by atoms with Crippen molar-refractivity contribution in [1.82, 2.24) is 10.4 Å². The number of aromatic nitrogens is 1. The summed E-state index contributed by atoms with van der Waals surface area (Å²) >= 11 is 1.42. The number of benzene rings is 2. The van der Waals surface area contributed by atoms with Gasteiger partial charge in [-0.05, 0) is 42.0 Å². The van der Waals surface area contributed by atoms with Crippen LogP contribution in [0.3, 0.4) is 0 Å². The summed E-state index contributed by atoms with van der Waals surface area (Å²) < 4.78 is 13.0. The summed E-state index contributed by atoms with van der Waals surface area (Å²) in [6, 6.07) is 13.9. The summed E-state index contributed by atoms with van der Waals surface area (Å²) in [5.41, 5.74) is 5.98. The predicted molar refractivity (Wildman–Crippen MR) is 108 cm³/mol. The van der Waals surface area contributed by atoms with E-state index in [1.165, 1.54) is 23.5 Å². The van der Waals surface area contributed by atoms with E-state index in [9.17, 15) is 9.18 Å². The zero-order valence-corrected chi connectivity index (χ0v) is 15.8. The van der Waals surface area contributed by atoms with Gasteiger partial charge in [-0.15, -0.1) is 11.3 Å². The minimum atomic E-state index is -0.288. The number of carbonyl (C=O) groups excluding carboxylic acids is 1. The highest BCUT2D eigenvalue weighted by Crippen LogP contribution is 2.24. The first-order valence-corrected chi connectivity index (χ1v) is 9.19. The average Bonchev–Trinajstić information content (AvgIpc) is 3.11. The Balaban J connectivity index is 1.54. The SMILES string of the molecule is CN(C)c1ccc(/C=N\NC(=O)Cc2csc(-c3ccc(F)cc3)n2)cc1. The first-order valence-electron chi connectivity index (χ1n) is 8.31. The molecule has 0 bridgehead atoms. The molecule has 0 aliphatic carbocycles. The zero-order chi connectivity index (χ0) is 19.2. The minimum absolute atomic E-state index is 0.134. The van der Waals surface area contributed by atoms with Crippen LogP contribution in [0.2, 0.25) is 0 Å². The first kappa shape index (κ1) is 18.7. The van der Waals surface area contributed by atoms with E-state index in [-0.39, 0.29) is 18.1 Å². The van der Waals surface area contributed by atoms with Crippen molar-refractivity contribution < 1.29 is 9.18 Å². The van der Waals surface area contributed by atoms with Crippen LogP contribution in [0.4, 0.5) is 10.1 Å². The van der Waals surface area contributed by atoms with E-state index >= 15 is 0 Å². The van der Waals surface area contributed by atoms with Gasteiger partial charge < -0.3 is 4.90 Å². The van der Waals surface area contributed by atoms with Crippen LogP contribution in [0.15, 0.2) is 59.0 Å². The topological polar surface area (TPSA) is 57.6 Å². The molecule has 3 rings (SSSR count). The number of nitrogens with one attached hydrogen (secondary N) is 1. The molecule has 0 aliphatic heterocycles. The summed E-state index contributed by atoms with van der Waals surface area (Å²) in [5, 5.41) is 6.56. The number of hydrogen-bond acceptors (Lipinski definition) is 5. The summed E-state index contributed by atoms with van der Waals surface area (Å²) in [7, 11) is 3.95. The molecule has 0 aliphatic rings. The zero-order valence-electron chi connectivity index (χ0n) is 15.0. The number of carbonyl (C=O) groups is 1. The standard InChI is InChI=1S/C20H19FN4OS/c1-25(2)18-9-3-14(4-10-18)12-22-24-19(26)11-17-13-27-20(23-17)15-5-7-16(21)8-6-15/h3-10,12-13H,11H2,1-2H3,(H,24,26)/b22-12-. The molecule has 5 nitrogen and oxygen atoms in total. The normalized spacial score (nSPS) is 10.9. The smallest absolute Gasteiger partial charge is 0.246 e. The Morgan fingerprint density at radius 2 is 1.89 bits per heavy atom. The molecule has 7 heteroatoms. The second-order valence-corrected chi connectivity index (χ2v) is 6.96. The number of hydrogen-bond donors (Lipinski definition) is 1. The summed E-state index contributed by atoms with van der Waals surface area (Å²) in [6.45, 7) is 0. The van der Waals surface area contributed by atoms with E-state index in [0.717, 1.165) is 21.8 Å². The highest BCUT2D eigenvalue weighted by atomic mass is 32.1. The highest BCUT2D eigenvalue weighted by molar-refractivity contribution is 7.13. The van der Waals surface area contributed by atoms with Gasteiger partial charge >= 0.3 is 0 Å². The quantitative estimate of drug-likeness (QED) is 0.522. The monoisotopic (exact) mass is 382 g/mol. The molecular weight excluding hydrogens is 363 g/mol. The number of anilines is 1. The van der Waals surface area contributed by atoms with Gasteiger partial charge in [0.05, 0.1) is 18.3 Å². The molecule has 1 aromatic heterocycles. The fourth-order valence-corrected chi connectivity index (χ4v) is 3.18. The molecule has 0 atom stereocenters. The first-order chi connectivity index (χ1) is 13.0. The maximum Gasteiger partial charge on any atom is 0.246 e. The van der Waals surface area contributed by atoms with Crippen LogP contribution < -0.4 is 10.3 Å². The molecule has 138 valence electrons. The van der Waals surface area contributed by atoms with E-state index in [1.807, 2.05) is 48.6 Å². The predicted octanol–water partition coefficient (Wildman–Crippen LogP) is 3.71. The molecule has 1 amide bonds. The Kier molecular flexibility index (Phi) is 5.93. The van der Waals surface area contributed by atoms with E-state index in [2.05, 4.69) is 15.5 Å². The van der Waals surface area contributed by atoms with Gasteiger partial charge in [0, 0.05) is 30.7 Å². The fraction of sp³-hybridized carbons (Fsp3) is 0.150. The molecule has 27 heavy (non-hydrogen) atoms. The van der Waals surface area contributed by atoms with Crippen LogP contribution in [-0.4, -0.2) is 31.2 Å². The lowest BCUT2D eigenvalue weighted by molar-refractivity contribution is -0.120. The van der Waals surface area contributed by atoms with Gasteiger partial charge in [-0.1, -0.05) is 12.1 Å². The molecule has 0 unspecified atom stereocenters. The fourth-order valence-electron chi connectivity index (χ4n) is 2.35. The number of thiazole rings is 1. The number of halogens is 1. The third-order valence-electron chi connectivity index (χ3n) is 3.80. The van der Waals surface area contributed by atoms with Crippen LogP contribution >= 0.6 is 11.3 Å². The molecular formula is C20H19FN4OS. The molecule has 0 spiro atoms. The number of rotatable bonds is 6. The largest absolute Gasteiger partial charge is 0.378 e. The Morgan fingerprint density at radius 1 is 1.19 bits per heavy atom. The van der Waals surface area contributed by atoms with Crippen molar-refractivity contribution >= 4 is 29.1 Å². The lowest BCUT2D eigenvalue weighted by atomic mass is 10.2. The van der Waals surface area contributed by atoms with Crippen LogP contribution in [0.25, 0.3) is 10.6 Å². The molecule has 1 N–H and O–H groups in total. The van der Waals surface area contributed by atoms with Crippen molar-refractivity contribution in [1.29, 1.82) is 0 Å². The maximum atomic E-state index is 13.0. The minimum Gasteiger partial charge on any atom is -0.378 e. The second kappa shape index (κ2) is 8.55. The number of hydrazone groups is 1. The van der Waals surface area contributed by atoms with Crippen LogP contribution in [-0.2, 0) is 11.2 Å². The molecule has 2 aromatic carbocycles. The van der Waals surface area contributed by atoms with Crippen LogP contribution in [0.1, 0.15) is 11.3 Å².